The van der Waals surface area contributed by atoms with Crippen molar-refractivity contribution in [3.63, 3.8) is 0 Å². The molecule has 0 unspecified atom stereocenters. The second kappa shape index (κ2) is 3.80. The molecular formula is C10H16N4O4. The highest BCUT2D eigenvalue weighted by Gasteiger charge is 2.69. The smallest absolute Gasteiger partial charge is 0.216 e. The second-order valence-electron chi connectivity index (χ2n) is 5.28. The Balaban J connectivity index is 1.93. The molecule has 3 rings (SSSR count). The van der Waals surface area contributed by atoms with Crippen LogP contribution in [0.2, 0.25) is 0 Å². The zero-order valence-electron chi connectivity index (χ0n) is 10.2. The fourth-order valence-electron chi connectivity index (χ4n) is 2.98. The van der Waals surface area contributed by atoms with Crippen LogP contribution in [0.5, 0.6) is 0 Å². The average Bonchev–Trinajstić information content (AvgIpc) is 2.67. The van der Waals surface area contributed by atoms with Crippen LogP contribution in [0.1, 0.15) is 13.8 Å². The quantitative estimate of drug-likeness (QED) is 0.406. The maximum absolute atomic E-state index is 10.2. The summed E-state index contributed by atoms with van der Waals surface area (Å²) in [5.74, 6) is -1.90. The summed E-state index contributed by atoms with van der Waals surface area (Å²) in [6, 6.07) is -0.325. The van der Waals surface area contributed by atoms with Gasteiger partial charge in [-0.25, -0.2) is 0 Å². The number of hydrogen-bond acceptors (Lipinski definition) is 6. The Morgan fingerprint density at radius 3 is 3.00 bits per heavy atom. The van der Waals surface area contributed by atoms with Crippen molar-refractivity contribution in [3.8, 4) is 0 Å². The van der Waals surface area contributed by atoms with Crippen LogP contribution >= 0.6 is 0 Å². The Bertz CT molecular complexity index is 411. The molecular weight excluding hydrogens is 240 g/mol. The Morgan fingerprint density at radius 1 is 1.50 bits per heavy atom. The Kier molecular flexibility index (Phi) is 2.57. The van der Waals surface area contributed by atoms with Crippen molar-refractivity contribution in [2.45, 2.75) is 49.8 Å². The van der Waals surface area contributed by atoms with Gasteiger partial charge in [0, 0.05) is 18.0 Å². The highest BCUT2D eigenvalue weighted by Crippen LogP contribution is 2.48. The molecule has 0 aliphatic carbocycles. The summed E-state index contributed by atoms with van der Waals surface area (Å²) >= 11 is 0. The first kappa shape index (κ1) is 12.2. The molecule has 100 valence electrons. The maximum atomic E-state index is 10.2. The number of azide groups is 1. The summed E-state index contributed by atoms with van der Waals surface area (Å²) in [5.41, 5.74) is 8.43. The van der Waals surface area contributed by atoms with Gasteiger partial charge < -0.3 is 24.6 Å². The summed E-state index contributed by atoms with van der Waals surface area (Å²) in [4.78, 5) is 2.75. The average molecular weight is 256 g/mol. The minimum absolute atomic E-state index is 0.186. The number of hydrogen-bond donors (Lipinski definition) is 2. The molecule has 0 saturated carbocycles. The van der Waals surface area contributed by atoms with E-state index in [0.717, 1.165) is 0 Å². The molecule has 2 N–H and O–H groups in total. The standard InChI is InChI=1S/C10H16N4O4/c1-9(2)17-8-7(15)5-3-12-6(4-13-14-11)10(8,16-5)18-9/h5-8,12,15H,3-4H2,1-2H3/t5-,6+,7+,8-,10-/m0/s1. The maximum Gasteiger partial charge on any atom is 0.216 e. The van der Waals surface area contributed by atoms with Crippen molar-refractivity contribution in [3.05, 3.63) is 10.4 Å². The van der Waals surface area contributed by atoms with Crippen LogP contribution in [-0.2, 0) is 14.2 Å². The molecule has 8 nitrogen and oxygen atoms in total. The minimum atomic E-state index is -1.07. The van der Waals surface area contributed by atoms with E-state index in [1.54, 1.807) is 13.8 Å². The molecule has 3 aliphatic heterocycles. The van der Waals surface area contributed by atoms with E-state index >= 15 is 0 Å². The number of aliphatic hydroxyl groups is 1. The third-order valence-corrected chi connectivity index (χ3v) is 3.62. The first-order valence-electron chi connectivity index (χ1n) is 5.97. The van der Waals surface area contributed by atoms with E-state index in [9.17, 15) is 5.11 Å². The molecule has 3 saturated heterocycles. The lowest BCUT2D eigenvalue weighted by Crippen LogP contribution is -2.61. The third kappa shape index (κ3) is 1.55. The molecule has 0 radical (unpaired) electrons. The highest BCUT2D eigenvalue weighted by atomic mass is 16.9. The Labute approximate surface area is 104 Å². The number of rotatable bonds is 2. The number of nitrogens with one attached hydrogen (secondary N) is 1. The topological polar surface area (TPSA) is 109 Å². The zero-order valence-corrected chi connectivity index (χ0v) is 10.2. The normalized spacial score (nSPS) is 48.6. The summed E-state index contributed by atoms with van der Waals surface area (Å²) in [6.45, 7) is 4.21. The number of fused-ring (bicyclic) bond motifs is 1. The minimum Gasteiger partial charge on any atom is -0.387 e. The molecule has 0 aromatic heterocycles. The van der Waals surface area contributed by atoms with Crippen LogP contribution in [-0.4, -0.2) is 54.1 Å². The van der Waals surface area contributed by atoms with Crippen molar-refractivity contribution in [1.82, 2.24) is 5.32 Å². The molecule has 0 amide bonds. The molecule has 8 heteroatoms. The van der Waals surface area contributed by atoms with Crippen LogP contribution in [0.15, 0.2) is 5.11 Å². The number of nitrogens with zero attached hydrogens (tertiary/aromatic N) is 3. The number of morpholine rings is 1. The van der Waals surface area contributed by atoms with Crippen molar-refractivity contribution < 1.29 is 19.3 Å². The van der Waals surface area contributed by atoms with Gasteiger partial charge in [0.05, 0.1) is 6.04 Å². The highest BCUT2D eigenvalue weighted by molar-refractivity contribution is 5.12. The first-order valence-corrected chi connectivity index (χ1v) is 5.97. The van der Waals surface area contributed by atoms with E-state index in [0.29, 0.717) is 6.54 Å². The van der Waals surface area contributed by atoms with Gasteiger partial charge in [-0.15, -0.1) is 0 Å². The first-order chi connectivity index (χ1) is 8.48. The summed E-state index contributed by atoms with van der Waals surface area (Å²) in [7, 11) is 0. The van der Waals surface area contributed by atoms with Crippen LogP contribution < -0.4 is 5.32 Å². The van der Waals surface area contributed by atoms with Gasteiger partial charge in [0.2, 0.25) is 5.79 Å². The van der Waals surface area contributed by atoms with Crippen molar-refractivity contribution in [2.24, 2.45) is 5.11 Å². The molecule has 5 atom stereocenters. The van der Waals surface area contributed by atoms with Gasteiger partial charge in [-0.1, -0.05) is 5.11 Å². The van der Waals surface area contributed by atoms with E-state index in [4.69, 9.17) is 19.7 Å². The van der Waals surface area contributed by atoms with Crippen molar-refractivity contribution in [1.29, 1.82) is 0 Å². The van der Waals surface area contributed by atoms with Crippen LogP contribution in [0, 0.1) is 0 Å². The van der Waals surface area contributed by atoms with Crippen LogP contribution in [0.3, 0.4) is 0 Å². The lowest BCUT2D eigenvalue weighted by atomic mass is 10.0. The summed E-state index contributed by atoms with van der Waals surface area (Å²) < 4.78 is 17.4. The van der Waals surface area contributed by atoms with Gasteiger partial charge in [-0.05, 0) is 19.4 Å². The molecule has 3 fully saturated rings. The van der Waals surface area contributed by atoms with Gasteiger partial charge in [0.25, 0.3) is 0 Å². The van der Waals surface area contributed by atoms with E-state index < -0.39 is 23.8 Å². The van der Waals surface area contributed by atoms with Gasteiger partial charge in [0.1, 0.15) is 18.3 Å². The summed E-state index contributed by atoms with van der Waals surface area (Å²) in [6.07, 6.45) is -1.66. The third-order valence-electron chi connectivity index (χ3n) is 3.62. The van der Waals surface area contributed by atoms with Gasteiger partial charge in [-0.3, -0.25) is 0 Å². The number of aliphatic hydroxyl groups excluding tert-OH is 1. The summed E-state index contributed by atoms with van der Waals surface area (Å²) in [5, 5.41) is 16.9. The fraction of sp³-hybridized carbons (Fsp3) is 1.00. The Hall–Kier alpha value is -0.890. The monoisotopic (exact) mass is 256 g/mol. The van der Waals surface area contributed by atoms with Gasteiger partial charge in [-0.2, -0.15) is 0 Å². The molecule has 3 heterocycles. The van der Waals surface area contributed by atoms with E-state index in [1.807, 2.05) is 0 Å². The van der Waals surface area contributed by atoms with Gasteiger partial charge in [0.15, 0.2) is 5.79 Å². The van der Waals surface area contributed by atoms with E-state index in [2.05, 4.69) is 15.3 Å². The second-order valence-corrected chi connectivity index (χ2v) is 5.28. The molecule has 2 bridgehead atoms. The van der Waals surface area contributed by atoms with Crippen LogP contribution in [0.4, 0.5) is 0 Å². The SMILES string of the molecule is CC1(C)O[C@H]2[C@H](O)[C@@H]3CN[C@H](CN=[N+]=[N-])[C@]2(O3)O1. The molecule has 3 aliphatic rings. The van der Waals surface area contributed by atoms with E-state index in [1.165, 1.54) is 0 Å². The largest absolute Gasteiger partial charge is 0.387 e. The van der Waals surface area contributed by atoms with Gasteiger partial charge >= 0.3 is 0 Å². The zero-order chi connectivity index (χ0) is 13.0. The van der Waals surface area contributed by atoms with Crippen LogP contribution in [0.25, 0.3) is 10.4 Å². The molecule has 18 heavy (non-hydrogen) atoms. The fourth-order valence-corrected chi connectivity index (χ4v) is 2.98. The lowest BCUT2D eigenvalue weighted by molar-refractivity contribution is -0.284. The molecule has 0 aromatic carbocycles. The predicted octanol–water partition coefficient (Wildman–Crippen LogP) is -0.124. The lowest BCUT2D eigenvalue weighted by Gasteiger charge is -2.39. The van der Waals surface area contributed by atoms with E-state index in [-0.39, 0.29) is 18.7 Å². The molecule has 1 spiro atoms. The van der Waals surface area contributed by atoms with Crippen molar-refractivity contribution >= 4 is 0 Å². The van der Waals surface area contributed by atoms with Crippen molar-refractivity contribution in [2.75, 3.05) is 13.1 Å². The predicted molar refractivity (Wildman–Crippen MR) is 59.5 cm³/mol. The number of ether oxygens (including phenoxy) is 3. The Morgan fingerprint density at radius 2 is 2.28 bits per heavy atom. The molecule has 0 aromatic rings.